The molecule has 1 amide bonds. The quantitative estimate of drug-likeness (QED) is 0.629. The van der Waals surface area contributed by atoms with Gasteiger partial charge in [0.2, 0.25) is 0 Å². The Bertz CT molecular complexity index is 625. The second kappa shape index (κ2) is 10.8. The summed E-state index contributed by atoms with van der Waals surface area (Å²) in [6, 6.07) is 4.86. The van der Waals surface area contributed by atoms with Crippen molar-refractivity contribution in [3.8, 4) is 11.5 Å². The van der Waals surface area contributed by atoms with Crippen LogP contribution in [0.3, 0.4) is 0 Å². The molecule has 1 fully saturated rings. The third-order valence-electron chi connectivity index (χ3n) is 3.94. The van der Waals surface area contributed by atoms with Crippen molar-refractivity contribution in [3.05, 3.63) is 23.8 Å². The molecule has 1 heterocycles. The lowest BCUT2D eigenvalue weighted by Crippen LogP contribution is -2.34. The number of benzene rings is 1. The summed E-state index contributed by atoms with van der Waals surface area (Å²) in [5.74, 6) is 0.503. The van der Waals surface area contributed by atoms with Gasteiger partial charge in [0.15, 0.2) is 18.1 Å². The van der Waals surface area contributed by atoms with Gasteiger partial charge in [-0.25, -0.2) is 4.79 Å². The number of carbonyl (C=O) groups is 2. The smallest absolute Gasteiger partial charge is 0.338 e. The van der Waals surface area contributed by atoms with Crippen molar-refractivity contribution in [2.45, 2.75) is 39.7 Å². The van der Waals surface area contributed by atoms with Crippen LogP contribution >= 0.6 is 0 Å². The van der Waals surface area contributed by atoms with Crippen molar-refractivity contribution in [2.24, 2.45) is 5.92 Å². The Labute approximate surface area is 160 Å². The van der Waals surface area contributed by atoms with E-state index in [0.29, 0.717) is 42.7 Å². The first-order valence-corrected chi connectivity index (χ1v) is 9.44. The predicted molar refractivity (Wildman–Crippen MR) is 100 cm³/mol. The van der Waals surface area contributed by atoms with Crippen LogP contribution in [0.5, 0.6) is 11.5 Å². The highest BCUT2D eigenvalue weighted by atomic mass is 16.5. The third-order valence-corrected chi connectivity index (χ3v) is 3.94. The molecule has 1 unspecified atom stereocenters. The van der Waals surface area contributed by atoms with Crippen molar-refractivity contribution >= 4 is 11.9 Å². The van der Waals surface area contributed by atoms with E-state index in [1.165, 1.54) is 0 Å². The number of nitrogens with one attached hydrogen (secondary N) is 1. The molecule has 0 bridgehead atoms. The minimum Gasteiger partial charge on any atom is -0.490 e. The number of ether oxygens (including phenoxy) is 4. The average Bonchev–Trinajstić information content (AvgIpc) is 3.17. The fourth-order valence-electron chi connectivity index (χ4n) is 2.58. The van der Waals surface area contributed by atoms with Gasteiger partial charge in [0.25, 0.3) is 5.91 Å². The summed E-state index contributed by atoms with van der Waals surface area (Å²) in [6.45, 7) is 7.79. The number of carbonyl (C=O) groups excluding carboxylic acids is 2. The summed E-state index contributed by atoms with van der Waals surface area (Å²) in [7, 11) is 0. The minimum atomic E-state index is -0.585. The molecule has 2 rings (SSSR count). The minimum absolute atomic E-state index is 0.0526. The van der Waals surface area contributed by atoms with E-state index in [9.17, 15) is 9.59 Å². The summed E-state index contributed by atoms with van der Waals surface area (Å²) >= 11 is 0. The predicted octanol–water partition coefficient (Wildman–Crippen LogP) is 2.57. The molecule has 1 aliphatic heterocycles. The second-order valence-corrected chi connectivity index (χ2v) is 6.81. The van der Waals surface area contributed by atoms with Crippen molar-refractivity contribution < 1.29 is 28.5 Å². The summed E-state index contributed by atoms with van der Waals surface area (Å²) in [6.07, 6.45) is 2.00. The van der Waals surface area contributed by atoms with Crippen molar-refractivity contribution in [1.82, 2.24) is 5.32 Å². The molecular weight excluding hydrogens is 350 g/mol. The van der Waals surface area contributed by atoms with Gasteiger partial charge in [0.05, 0.1) is 24.9 Å². The highest BCUT2D eigenvalue weighted by molar-refractivity contribution is 5.92. The summed E-state index contributed by atoms with van der Waals surface area (Å²) in [5.41, 5.74) is 0.308. The fraction of sp³-hybridized carbons (Fsp3) is 0.600. The zero-order valence-electron chi connectivity index (χ0n) is 16.3. The number of hydrogen-bond donors (Lipinski definition) is 1. The van der Waals surface area contributed by atoms with E-state index < -0.39 is 5.97 Å². The molecule has 1 aliphatic rings. The lowest BCUT2D eigenvalue weighted by Gasteiger charge is -2.14. The molecule has 27 heavy (non-hydrogen) atoms. The molecule has 150 valence electrons. The third kappa shape index (κ3) is 7.09. The fourth-order valence-corrected chi connectivity index (χ4v) is 2.58. The van der Waals surface area contributed by atoms with Gasteiger partial charge in [0.1, 0.15) is 0 Å². The number of esters is 1. The lowest BCUT2D eigenvalue weighted by atomic mass is 10.2. The normalized spacial score (nSPS) is 16.2. The Kier molecular flexibility index (Phi) is 8.39. The first kappa shape index (κ1) is 21.0. The van der Waals surface area contributed by atoms with Gasteiger partial charge in [-0.2, -0.15) is 0 Å². The maximum atomic E-state index is 12.2. The van der Waals surface area contributed by atoms with E-state index in [0.717, 1.165) is 19.4 Å². The summed E-state index contributed by atoms with van der Waals surface area (Å²) in [5, 5.41) is 2.71. The maximum Gasteiger partial charge on any atom is 0.338 e. The van der Waals surface area contributed by atoms with Gasteiger partial charge in [-0.3, -0.25) is 4.79 Å². The number of amides is 1. The van der Waals surface area contributed by atoms with Crippen LogP contribution in [0.25, 0.3) is 0 Å². The van der Waals surface area contributed by atoms with Crippen LogP contribution in [0, 0.1) is 5.92 Å². The van der Waals surface area contributed by atoms with E-state index in [2.05, 4.69) is 19.2 Å². The van der Waals surface area contributed by atoms with Crippen molar-refractivity contribution in [2.75, 3.05) is 33.0 Å². The van der Waals surface area contributed by atoms with E-state index in [1.807, 2.05) is 6.92 Å². The van der Waals surface area contributed by atoms with Crippen LogP contribution in [-0.2, 0) is 14.3 Å². The molecule has 1 N–H and O–H groups in total. The van der Waals surface area contributed by atoms with Gasteiger partial charge < -0.3 is 24.3 Å². The standard InChI is InChI=1S/C20H29NO6/c1-4-24-18-10-15(7-8-17(18)26-12-14(2)3)20(23)27-13-19(22)21-11-16-6-5-9-25-16/h7-8,10,14,16H,4-6,9,11-13H2,1-3H3,(H,21,22). The van der Waals surface area contributed by atoms with E-state index in [1.54, 1.807) is 18.2 Å². The second-order valence-electron chi connectivity index (χ2n) is 6.81. The Morgan fingerprint density at radius 3 is 2.74 bits per heavy atom. The first-order chi connectivity index (χ1) is 13.0. The molecule has 1 aromatic carbocycles. The van der Waals surface area contributed by atoms with Crippen LogP contribution in [0.15, 0.2) is 18.2 Å². The molecule has 0 aliphatic carbocycles. The highest BCUT2D eigenvalue weighted by Gasteiger charge is 2.18. The first-order valence-electron chi connectivity index (χ1n) is 9.44. The van der Waals surface area contributed by atoms with Gasteiger partial charge in [0, 0.05) is 13.2 Å². The molecule has 0 saturated carbocycles. The molecule has 1 aromatic rings. The maximum absolute atomic E-state index is 12.2. The Morgan fingerprint density at radius 2 is 2.07 bits per heavy atom. The SMILES string of the molecule is CCOc1cc(C(=O)OCC(=O)NCC2CCCO2)ccc1OCC(C)C. The number of hydrogen-bond acceptors (Lipinski definition) is 6. The van der Waals surface area contributed by atoms with Crippen LogP contribution in [0.4, 0.5) is 0 Å². The van der Waals surface area contributed by atoms with E-state index in [-0.39, 0.29) is 18.6 Å². The largest absolute Gasteiger partial charge is 0.490 e. The molecule has 0 aromatic heterocycles. The molecular formula is C20H29NO6. The van der Waals surface area contributed by atoms with Crippen LogP contribution in [0.2, 0.25) is 0 Å². The zero-order chi connectivity index (χ0) is 19.6. The average molecular weight is 379 g/mol. The van der Waals surface area contributed by atoms with Gasteiger partial charge in [-0.15, -0.1) is 0 Å². The Hall–Kier alpha value is -2.28. The lowest BCUT2D eigenvalue weighted by molar-refractivity contribution is -0.124. The Balaban J connectivity index is 1.86. The molecule has 1 atom stereocenters. The monoisotopic (exact) mass is 379 g/mol. The summed E-state index contributed by atoms with van der Waals surface area (Å²) in [4.78, 5) is 24.0. The molecule has 1 saturated heterocycles. The molecule has 7 nitrogen and oxygen atoms in total. The molecule has 0 radical (unpaired) electrons. The van der Waals surface area contributed by atoms with Gasteiger partial charge >= 0.3 is 5.97 Å². The zero-order valence-corrected chi connectivity index (χ0v) is 16.3. The van der Waals surface area contributed by atoms with E-state index in [4.69, 9.17) is 18.9 Å². The van der Waals surface area contributed by atoms with Crippen LogP contribution in [0.1, 0.15) is 44.0 Å². The van der Waals surface area contributed by atoms with E-state index >= 15 is 0 Å². The van der Waals surface area contributed by atoms with Gasteiger partial charge in [-0.1, -0.05) is 13.8 Å². The molecule has 7 heteroatoms. The Morgan fingerprint density at radius 1 is 1.26 bits per heavy atom. The van der Waals surface area contributed by atoms with Crippen LogP contribution < -0.4 is 14.8 Å². The van der Waals surface area contributed by atoms with Crippen molar-refractivity contribution in [3.63, 3.8) is 0 Å². The topological polar surface area (TPSA) is 83.1 Å². The summed E-state index contributed by atoms with van der Waals surface area (Å²) < 4.78 is 21.8. The highest BCUT2D eigenvalue weighted by Crippen LogP contribution is 2.29. The van der Waals surface area contributed by atoms with Gasteiger partial charge in [-0.05, 0) is 43.9 Å². The van der Waals surface area contributed by atoms with Crippen molar-refractivity contribution in [1.29, 1.82) is 0 Å². The number of rotatable bonds is 10. The molecule has 0 spiro atoms. The van der Waals surface area contributed by atoms with Crippen LogP contribution in [-0.4, -0.2) is 51.0 Å².